The number of sulfonamides is 1. The van der Waals surface area contributed by atoms with Crippen molar-refractivity contribution >= 4 is 27.5 Å². The first-order chi connectivity index (χ1) is 22.1. The Bertz CT molecular complexity index is 1680. The lowest BCUT2D eigenvalue weighted by Crippen LogP contribution is -2.53. The molecule has 1 unspecified atom stereocenters. The monoisotopic (exact) mass is 643 g/mol. The minimum absolute atomic E-state index is 0.0356. The first-order valence-electron chi connectivity index (χ1n) is 15.1. The largest absolute Gasteiger partial charge is 0.497 e. The summed E-state index contributed by atoms with van der Waals surface area (Å²) in [6, 6.07) is 30.2. The summed E-state index contributed by atoms with van der Waals surface area (Å²) in [7, 11) is -1.11. The van der Waals surface area contributed by atoms with E-state index in [9.17, 15) is 18.0 Å². The molecule has 1 atom stereocenters. The quantitative estimate of drug-likeness (QED) is 0.188. The Morgan fingerprint density at radius 1 is 0.761 bits per heavy atom. The van der Waals surface area contributed by atoms with E-state index >= 15 is 0 Å². The van der Waals surface area contributed by atoms with Crippen LogP contribution < -0.4 is 19.1 Å². The molecule has 2 amide bonds. The third-order valence-electron chi connectivity index (χ3n) is 7.41. The van der Waals surface area contributed by atoms with Crippen molar-refractivity contribution in [1.82, 2.24) is 10.2 Å². The molecule has 10 heteroatoms. The van der Waals surface area contributed by atoms with Gasteiger partial charge >= 0.3 is 0 Å². The molecule has 0 aliphatic heterocycles. The van der Waals surface area contributed by atoms with Crippen LogP contribution in [0.5, 0.6) is 11.5 Å². The van der Waals surface area contributed by atoms with Crippen LogP contribution >= 0.6 is 0 Å². The van der Waals surface area contributed by atoms with Crippen LogP contribution in [0.1, 0.15) is 25.0 Å². The topological polar surface area (TPSA) is 105 Å². The number of benzene rings is 4. The highest BCUT2D eigenvalue weighted by Crippen LogP contribution is 2.27. The maximum atomic E-state index is 14.5. The highest BCUT2D eigenvalue weighted by molar-refractivity contribution is 7.92. The molecule has 46 heavy (non-hydrogen) atoms. The molecule has 4 rings (SSSR count). The Balaban J connectivity index is 1.80. The van der Waals surface area contributed by atoms with Gasteiger partial charge in [-0.15, -0.1) is 0 Å². The molecule has 0 aromatic heterocycles. The molecule has 0 heterocycles. The van der Waals surface area contributed by atoms with Crippen molar-refractivity contribution in [2.75, 3.05) is 31.6 Å². The SMILES string of the molecule is COc1ccc(N(CC(=O)N(Cc2cccc(OC)c2)C(Cc2ccccc2)C(=O)NCC(C)C)S(=O)(=O)c2ccccc2)cc1. The number of hydrogen-bond acceptors (Lipinski definition) is 6. The number of ether oxygens (including phenoxy) is 2. The van der Waals surface area contributed by atoms with Crippen molar-refractivity contribution in [3.63, 3.8) is 0 Å². The summed E-state index contributed by atoms with van der Waals surface area (Å²) >= 11 is 0. The molecule has 0 radical (unpaired) electrons. The van der Waals surface area contributed by atoms with Crippen LogP contribution in [0, 0.1) is 5.92 Å². The molecule has 242 valence electrons. The summed E-state index contributed by atoms with van der Waals surface area (Å²) < 4.78 is 40.0. The van der Waals surface area contributed by atoms with E-state index in [2.05, 4.69) is 5.32 Å². The molecular formula is C36H41N3O6S. The number of nitrogens with zero attached hydrogens (tertiary/aromatic N) is 2. The summed E-state index contributed by atoms with van der Waals surface area (Å²) in [5.74, 6) is 0.455. The fourth-order valence-electron chi connectivity index (χ4n) is 4.94. The number of nitrogens with one attached hydrogen (secondary N) is 1. The lowest BCUT2D eigenvalue weighted by atomic mass is 10.0. The second-order valence-corrected chi connectivity index (χ2v) is 13.1. The Hall–Kier alpha value is -4.83. The Kier molecular flexibility index (Phi) is 11.8. The Morgan fingerprint density at radius 3 is 1.98 bits per heavy atom. The Morgan fingerprint density at radius 2 is 1.37 bits per heavy atom. The first-order valence-corrected chi connectivity index (χ1v) is 16.5. The number of carbonyl (C=O) groups excluding carboxylic acids is 2. The molecule has 9 nitrogen and oxygen atoms in total. The van der Waals surface area contributed by atoms with Crippen molar-refractivity contribution in [3.05, 3.63) is 120 Å². The normalized spacial score (nSPS) is 11.8. The minimum Gasteiger partial charge on any atom is -0.497 e. The lowest BCUT2D eigenvalue weighted by molar-refractivity contribution is -0.140. The zero-order valence-corrected chi connectivity index (χ0v) is 27.4. The second-order valence-electron chi connectivity index (χ2n) is 11.2. The number of hydrogen-bond donors (Lipinski definition) is 1. The molecule has 0 saturated carbocycles. The van der Waals surface area contributed by atoms with Gasteiger partial charge in [0.1, 0.15) is 24.1 Å². The highest BCUT2D eigenvalue weighted by Gasteiger charge is 2.34. The van der Waals surface area contributed by atoms with Gasteiger partial charge in [-0.1, -0.05) is 74.5 Å². The van der Waals surface area contributed by atoms with E-state index in [0.717, 1.165) is 15.4 Å². The highest BCUT2D eigenvalue weighted by atomic mass is 32.2. The summed E-state index contributed by atoms with van der Waals surface area (Å²) in [5.41, 5.74) is 1.87. The molecule has 0 aliphatic carbocycles. The summed E-state index contributed by atoms with van der Waals surface area (Å²) in [6.45, 7) is 3.91. The summed E-state index contributed by atoms with van der Waals surface area (Å²) in [5, 5.41) is 3.00. The van der Waals surface area contributed by atoms with E-state index < -0.39 is 28.5 Å². The van der Waals surface area contributed by atoms with E-state index in [4.69, 9.17) is 9.47 Å². The fourth-order valence-corrected chi connectivity index (χ4v) is 6.38. The van der Waals surface area contributed by atoms with Gasteiger partial charge in [0, 0.05) is 19.5 Å². The third-order valence-corrected chi connectivity index (χ3v) is 9.20. The number of rotatable bonds is 15. The molecule has 4 aromatic carbocycles. The average Bonchev–Trinajstić information content (AvgIpc) is 3.08. The number of anilines is 1. The molecule has 4 aromatic rings. The van der Waals surface area contributed by atoms with Crippen molar-refractivity contribution in [1.29, 1.82) is 0 Å². The molecule has 0 saturated heterocycles. The van der Waals surface area contributed by atoms with Crippen LogP contribution in [0.15, 0.2) is 114 Å². The van der Waals surface area contributed by atoms with Gasteiger partial charge in [0.05, 0.1) is 24.8 Å². The molecule has 0 aliphatic rings. The molecule has 1 N–H and O–H groups in total. The Labute approximate surface area is 271 Å². The van der Waals surface area contributed by atoms with Gasteiger partial charge in [0.25, 0.3) is 10.0 Å². The average molecular weight is 644 g/mol. The predicted molar refractivity (Wildman–Crippen MR) is 179 cm³/mol. The van der Waals surface area contributed by atoms with Gasteiger partial charge in [-0.3, -0.25) is 13.9 Å². The maximum absolute atomic E-state index is 14.5. The van der Waals surface area contributed by atoms with Crippen molar-refractivity contribution < 1.29 is 27.5 Å². The summed E-state index contributed by atoms with van der Waals surface area (Å²) in [4.78, 5) is 29.9. The standard InChI is InChI=1S/C36H41N3O6S/c1-27(2)24-37-36(41)34(23-28-12-7-5-8-13-28)38(25-29-14-11-15-32(22-29)45-4)35(40)26-39(30-18-20-31(44-3)21-19-30)46(42,43)33-16-9-6-10-17-33/h5-22,27,34H,23-26H2,1-4H3,(H,37,41). The molecular weight excluding hydrogens is 602 g/mol. The maximum Gasteiger partial charge on any atom is 0.264 e. The van der Waals surface area contributed by atoms with Crippen LogP contribution in [-0.4, -0.2) is 58.5 Å². The van der Waals surface area contributed by atoms with Gasteiger partial charge in [-0.2, -0.15) is 0 Å². The van der Waals surface area contributed by atoms with Gasteiger partial charge in [-0.05, 0) is 65.6 Å². The smallest absolute Gasteiger partial charge is 0.264 e. The van der Waals surface area contributed by atoms with Crippen LogP contribution in [-0.2, 0) is 32.6 Å². The fraction of sp³-hybridized carbons (Fsp3) is 0.278. The molecule has 0 fully saturated rings. The minimum atomic E-state index is -4.19. The van der Waals surface area contributed by atoms with E-state index in [1.165, 1.54) is 24.1 Å². The number of methoxy groups -OCH3 is 2. The zero-order valence-electron chi connectivity index (χ0n) is 26.6. The van der Waals surface area contributed by atoms with Crippen molar-refractivity contribution in [2.24, 2.45) is 5.92 Å². The van der Waals surface area contributed by atoms with Crippen LogP contribution in [0.2, 0.25) is 0 Å². The zero-order chi connectivity index (χ0) is 33.1. The van der Waals surface area contributed by atoms with E-state index in [1.807, 2.05) is 56.3 Å². The van der Waals surface area contributed by atoms with Crippen LogP contribution in [0.4, 0.5) is 5.69 Å². The molecule has 0 spiro atoms. The van der Waals surface area contributed by atoms with Gasteiger partial charge in [-0.25, -0.2) is 8.42 Å². The van der Waals surface area contributed by atoms with Crippen molar-refractivity contribution in [2.45, 2.75) is 37.8 Å². The first kappa shape index (κ1) is 34.1. The van der Waals surface area contributed by atoms with Crippen LogP contribution in [0.25, 0.3) is 0 Å². The summed E-state index contributed by atoms with van der Waals surface area (Å²) in [6.07, 6.45) is 0.231. The van der Waals surface area contributed by atoms with Crippen molar-refractivity contribution in [3.8, 4) is 11.5 Å². The van der Waals surface area contributed by atoms with E-state index in [0.29, 0.717) is 18.0 Å². The third kappa shape index (κ3) is 8.88. The number of amides is 2. The predicted octanol–water partition coefficient (Wildman–Crippen LogP) is 5.31. The lowest BCUT2D eigenvalue weighted by Gasteiger charge is -2.34. The van der Waals surface area contributed by atoms with Gasteiger partial charge in [0.2, 0.25) is 11.8 Å². The van der Waals surface area contributed by atoms with Gasteiger partial charge in [0.15, 0.2) is 0 Å². The van der Waals surface area contributed by atoms with Gasteiger partial charge < -0.3 is 19.7 Å². The van der Waals surface area contributed by atoms with E-state index in [1.54, 1.807) is 61.7 Å². The molecule has 0 bridgehead atoms. The van der Waals surface area contributed by atoms with E-state index in [-0.39, 0.29) is 35.4 Å². The number of carbonyl (C=O) groups is 2. The van der Waals surface area contributed by atoms with Crippen LogP contribution in [0.3, 0.4) is 0 Å². The second kappa shape index (κ2) is 15.9.